The summed E-state index contributed by atoms with van der Waals surface area (Å²) in [4.78, 5) is 10.8. The molecular weight excluding hydrogens is 338 g/mol. The topological polar surface area (TPSA) is 120 Å². The van der Waals surface area contributed by atoms with Gasteiger partial charge in [-0.05, 0) is 17.0 Å². The minimum absolute atomic E-state index is 0.0177. The summed E-state index contributed by atoms with van der Waals surface area (Å²) in [5.74, 6) is 0. The second-order valence-corrected chi connectivity index (χ2v) is 5.26. The molecule has 0 radical (unpaired) electrons. The predicted octanol–water partition coefficient (Wildman–Crippen LogP) is 2.55. The number of nitrogens with one attached hydrogen (secondary N) is 2. The number of hydrogen-bond donors (Lipinski definition) is 2. The van der Waals surface area contributed by atoms with Crippen LogP contribution in [-0.4, -0.2) is 23.2 Å². The van der Waals surface area contributed by atoms with Crippen molar-refractivity contribution in [1.82, 2.24) is 5.16 Å². The Hall–Kier alpha value is -3.07. The fourth-order valence-corrected chi connectivity index (χ4v) is 2.53. The molecule has 0 saturated carbocycles. The molecule has 10 heteroatoms. The van der Waals surface area contributed by atoms with Crippen LogP contribution >= 0.6 is 11.6 Å². The molecule has 0 amide bonds. The molecule has 3 aromatic rings. The van der Waals surface area contributed by atoms with Gasteiger partial charge in [-0.3, -0.25) is 14.7 Å². The molecule has 0 fully saturated rings. The SMILES string of the molecule is O=[N+]([O-])c1c(Cl)cc2c(no[n+]2[O-])c1NCCNc1ccccc1. The number of hydrogen-bond acceptors (Lipinski definition) is 7. The Labute approximate surface area is 140 Å². The van der Waals surface area contributed by atoms with Gasteiger partial charge in [0.1, 0.15) is 5.02 Å². The van der Waals surface area contributed by atoms with Crippen LogP contribution < -0.4 is 15.5 Å². The van der Waals surface area contributed by atoms with Gasteiger partial charge in [0.15, 0.2) is 5.69 Å². The zero-order chi connectivity index (χ0) is 17.1. The predicted molar refractivity (Wildman–Crippen MR) is 88.1 cm³/mol. The third-order valence-corrected chi connectivity index (χ3v) is 3.61. The van der Waals surface area contributed by atoms with Gasteiger partial charge in [-0.1, -0.05) is 29.8 Å². The molecule has 0 bridgehead atoms. The molecule has 0 aliphatic carbocycles. The fourth-order valence-electron chi connectivity index (χ4n) is 2.27. The van der Waals surface area contributed by atoms with E-state index in [0.717, 1.165) is 11.8 Å². The monoisotopic (exact) mass is 349 g/mol. The third-order valence-electron chi connectivity index (χ3n) is 3.32. The van der Waals surface area contributed by atoms with Gasteiger partial charge in [0, 0.05) is 30.0 Å². The maximum Gasteiger partial charge on any atom is 0.315 e. The molecule has 3 rings (SSSR count). The summed E-state index contributed by atoms with van der Waals surface area (Å²) in [5, 5.41) is 32.2. The summed E-state index contributed by atoms with van der Waals surface area (Å²) in [5.41, 5.74) is 0.697. The molecule has 1 heterocycles. The van der Waals surface area contributed by atoms with E-state index in [4.69, 9.17) is 11.6 Å². The van der Waals surface area contributed by atoms with E-state index in [0.29, 0.717) is 13.1 Å². The average molecular weight is 350 g/mol. The number of nitro groups is 1. The lowest BCUT2D eigenvalue weighted by Crippen LogP contribution is -2.22. The smallest absolute Gasteiger partial charge is 0.315 e. The normalized spacial score (nSPS) is 10.7. The van der Waals surface area contributed by atoms with Crippen LogP contribution in [0.15, 0.2) is 41.0 Å². The van der Waals surface area contributed by atoms with E-state index in [2.05, 4.69) is 20.4 Å². The molecule has 0 spiro atoms. The molecule has 124 valence electrons. The highest BCUT2D eigenvalue weighted by molar-refractivity contribution is 6.34. The number of anilines is 2. The first-order chi connectivity index (χ1) is 11.6. The summed E-state index contributed by atoms with van der Waals surface area (Å²) < 4.78 is 4.50. The Bertz CT molecular complexity index is 884. The first-order valence-electron chi connectivity index (χ1n) is 6.97. The lowest BCUT2D eigenvalue weighted by atomic mass is 10.2. The summed E-state index contributed by atoms with van der Waals surface area (Å²) in [7, 11) is 0. The minimum atomic E-state index is -0.626. The van der Waals surface area contributed by atoms with Crippen LogP contribution in [0.25, 0.3) is 11.0 Å². The van der Waals surface area contributed by atoms with Crippen LogP contribution in [0.5, 0.6) is 0 Å². The highest BCUT2D eigenvalue weighted by atomic mass is 35.5. The van der Waals surface area contributed by atoms with Crippen molar-refractivity contribution in [3.8, 4) is 0 Å². The molecular formula is C14H12ClN5O4. The van der Waals surface area contributed by atoms with Gasteiger partial charge in [-0.15, -0.1) is 0 Å². The molecule has 2 N–H and O–H groups in total. The second kappa shape index (κ2) is 6.59. The number of nitro benzene ring substituents is 1. The second-order valence-electron chi connectivity index (χ2n) is 4.86. The van der Waals surface area contributed by atoms with Crippen molar-refractivity contribution in [1.29, 1.82) is 0 Å². The van der Waals surface area contributed by atoms with Gasteiger partial charge in [0.05, 0.1) is 4.92 Å². The van der Waals surface area contributed by atoms with Crippen LogP contribution in [0.4, 0.5) is 17.1 Å². The number of benzene rings is 2. The zero-order valence-electron chi connectivity index (χ0n) is 12.2. The van der Waals surface area contributed by atoms with E-state index in [1.165, 1.54) is 0 Å². The van der Waals surface area contributed by atoms with Crippen LogP contribution in [-0.2, 0) is 0 Å². The Morgan fingerprint density at radius 2 is 1.96 bits per heavy atom. The van der Waals surface area contributed by atoms with Crippen LogP contribution in [0.3, 0.4) is 0 Å². The molecule has 9 nitrogen and oxygen atoms in total. The summed E-state index contributed by atoms with van der Waals surface area (Å²) in [6, 6.07) is 10.6. The van der Waals surface area contributed by atoms with Crippen molar-refractivity contribution in [2.24, 2.45) is 0 Å². The lowest BCUT2D eigenvalue weighted by Gasteiger charge is -2.09. The summed E-state index contributed by atoms with van der Waals surface area (Å²) in [6.07, 6.45) is 0. The van der Waals surface area contributed by atoms with E-state index in [9.17, 15) is 15.3 Å². The number of aromatic nitrogens is 2. The Balaban J connectivity index is 1.82. The first kappa shape index (κ1) is 15.8. The van der Waals surface area contributed by atoms with Crippen LogP contribution in [0, 0.1) is 15.3 Å². The fraction of sp³-hybridized carbons (Fsp3) is 0.143. The maximum atomic E-state index is 11.5. The van der Waals surface area contributed by atoms with E-state index >= 15 is 0 Å². The quantitative estimate of drug-likeness (QED) is 0.303. The molecule has 0 saturated heterocycles. The van der Waals surface area contributed by atoms with E-state index < -0.39 is 4.92 Å². The molecule has 24 heavy (non-hydrogen) atoms. The van der Waals surface area contributed by atoms with Crippen molar-refractivity contribution in [3.63, 3.8) is 0 Å². The molecule has 2 aromatic carbocycles. The van der Waals surface area contributed by atoms with Gasteiger partial charge in [-0.25, -0.2) is 0 Å². The highest BCUT2D eigenvalue weighted by Gasteiger charge is 2.28. The Morgan fingerprint density at radius 3 is 2.67 bits per heavy atom. The standard InChI is InChI=1S/C14H12ClN5O4/c15-10-8-11-12(18-24-20(11)23)13(14(10)19(21)22)17-7-6-16-9-4-2-1-3-5-9/h1-5,8,16-17H,6-7H2. The Morgan fingerprint density at radius 1 is 1.25 bits per heavy atom. The van der Waals surface area contributed by atoms with Gasteiger partial charge in [-0.2, -0.15) is 0 Å². The number of fused-ring (bicyclic) bond motifs is 1. The average Bonchev–Trinajstić information content (AvgIpc) is 2.93. The zero-order valence-corrected chi connectivity index (χ0v) is 13.0. The molecule has 0 aliphatic heterocycles. The maximum absolute atomic E-state index is 11.5. The minimum Gasteiger partial charge on any atom is -0.383 e. The first-order valence-corrected chi connectivity index (χ1v) is 7.35. The van der Waals surface area contributed by atoms with E-state index in [1.54, 1.807) is 0 Å². The molecule has 0 atom stereocenters. The molecule has 0 aliphatic rings. The van der Waals surface area contributed by atoms with Crippen molar-refractivity contribution in [2.75, 3.05) is 23.7 Å². The van der Waals surface area contributed by atoms with E-state index in [-0.39, 0.29) is 32.3 Å². The number of para-hydroxylation sites is 1. The van der Waals surface area contributed by atoms with E-state index in [1.807, 2.05) is 30.3 Å². The van der Waals surface area contributed by atoms with Crippen LogP contribution in [0.2, 0.25) is 5.02 Å². The van der Waals surface area contributed by atoms with Crippen molar-refractivity contribution < 1.29 is 14.5 Å². The van der Waals surface area contributed by atoms with Gasteiger partial charge in [0.25, 0.3) is 5.52 Å². The number of nitrogens with zero attached hydrogens (tertiary/aromatic N) is 3. The summed E-state index contributed by atoms with van der Waals surface area (Å²) in [6.45, 7) is 0.835. The number of halogens is 1. The summed E-state index contributed by atoms with van der Waals surface area (Å²) >= 11 is 5.92. The van der Waals surface area contributed by atoms with Crippen LogP contribution in [0.1, 0.15) is 0 Å². The largest absolute Gasteiger partial charge is 0.383 e. The molecule has 1 aromatic heterocycles. The van der Waals surface area contributed by atoms with Crippen molar-refractivity contribution in [3.05, 3.63) is 56.7 Å². The van der Waals surface area contributed by atoms with Crippen molar-refractivity contribution in [2.45, 2.75) is 0 Å². The van der Waals surface area contributed by atoms with Crippen molar-refractivity contribution >= 4 is 39.7 Å². The Kier molecular flexibility index (Phi) is 4.34. The molecule has 0 unspecified atom stereocenters. The van der Waals surface area contributed by atoms with Gasteiger partial charge >= 0.3 is 5.69 Å². The van der Waals surface area contributed by atoms with Gasteiger partial charge < -0.3 is 15.8 Å². The number of rotatable bonds is 6. The third kappa shape index (κ3) is 3.01. The highest BCUT2D eigenvalue weighted by Crippen LogP contribution is 2.37. The van der Waals surface area contributed by atoms with Gasteiger partial charge in [0.2, 0.25) is 5.52 Å². The lowest BCUT2D eigenvalue weighted by molar-refractivity contribution is -0.782.